The Hall–Kier alpha value is -1.30. The summed E-state index contributed by atoms with van der Waals surface area (Å²) in [5, 5.41) is 27.0. The molecular weight excluding hydrogens is 196 g/mol. The van der Waals surface area contributed by atoms with E-state index in [-0.39, 0.29) is 24.1 Å². The number of aromatic hydroxyl groups is 2. The van der Waals surface area contributed by atoms with Gasteiger partial charge in [-0.05, 0) is 24.6 Å². The van der Waals surface area contributed by atoms with Crippen LogP contribution >= 0.6 is 0 Å². The van der Waals surface area contributed by atoms with Crippen LogP contribution in [-0.2, 0) is 0 Å². The number of hydrogen-bond acceptors (Lipinski definition) is 5. The summed E-state index contributed by atoms with van der Waals surface area (Å²) in [7, 11) is 0. The zero-order valence-electron chi connectivity index (χ0n) is 8.57. The van der Waals surface area contributed by atoms with Gasteiger partial charge < -0.3 is 15.3 Å². The van der Waals surface area contributed by atoms with Gasteiger partial charge in [0.2, 0.25) is 0 Å². The molecule has 0 aliphatic rings. The number of phenolic OH excluding ortho intramolecular Hbond substituents is 2. The van der Waals surface area contributed by atoms with Crippen LogP contribution in [-0.4, -0.2) is 28.5 Å². The highest BCUT2D eigenvalue weighted by molar-refractivity contribution is 5.41. The van der Waals surface area contributed by atoms with E-state index in [1.165, 1.54) is 12.1 Å². The van der Waals surface area contributed by atoms with Crippen molar-refractivity contribution in [3.05, 3.63) is 23.8 Å². The molecule has 0 saturated heterocycles. The van der Waals surface area contributed by atoms with E-state index >= 15 is 0 Å². The molecule has 0 bridgehead atoms. The zero-order valence-corrected chi connectivity index (χ0v) is 8.57. The van der Waals surface area contributed by atoms with Crippen LogP contribution in [0.2, 0.25) is 0 Å². The molecular formula is C10H16N2O3. The number of phenols is 2. The molecule has 0 radical (unpaired) electrons. The van der Waals surface area contributed by atoms with Crippen LogP contribution in [0.5, 0.6) is 11.5 Å². The highest BCUT2D eigenvalue weighted by atomic mass is 16.3. The van der Waals surface area contributed by atoms with E-state index in [0.717, 1.165) is 5.56 Å². The molecule has 5 N–H and O–H groups in total. The zero-order chi connectivity index (χ0) is 11.3. The number of nitrogens with one attached hydrogen (secondary N) is 2. The van der Waals surface area contributed by atoms with Crippen LogP contribution in [0, 0.1) is 0 Å². The monoisotopic (exact) mass is 212 g/mol. The van der Waals surface area contributed by atoms with E-state index in [9.17, 15) is 5.11 Å². The molecule has 0 saturated carbocycles. The number of hydrazine groups is 1. The van der Waals surface area contributed by atoms with Gasteiger partial charge in [-0.25, -0.2) is 0 Å². The molecule has 1 atom stereocenters. The van der Waals surface area contributed by atoms with Crippen LogP contribution in [0.4, 0.5) is 0 Å². The first-order valence-corrected chi connectivity index (χ1v) is 4.76. The second-order valence-electron chi connectivity index (χ2n) is 3.26. The predicted molar refractivity (Wildman–Crippen MR) is 56.4 cm³/mol. The van der Waals surface area contributed by atoms with Crippen molar-refractivity contribution < 1.29 is 15.3 Å². The quantitative estimate of drug-likeness (QED) is 0.274. The Balaban J connectivity index is 2.57. The van der Waals surface area contributed by atoms with E-state index in [1.807, 2.05) is 6.92 Å². The summed E-state index contributed by atoms with van der Waals surface area (Å²) in [5.41, 5.74) is 6.61. The first-order valence-electron chi connectivity index (χ1n) is 4.76. The topological polar surface area (TPSA) is 84.8 Å². The summed E-state index contributed by atoms with van der Waals surface area (Å²) in [6, 6.07) is 4.62. The summed E-state index contributed by atoms with van der Waals surface area (Å²) in [6.45, 7) is 2.41. The predicted octanol–water partition coefficient (Wildman–Crippen LogP) is 0.245. The lowest BCUT2D eigenvalue weighted by Gasteiger charge is -2.15. The van der Waals surface area contributed by atoms with Crippen molar-refractivity contribution in [1.29, 1.82) is 0 Å². The number of aliphatic hydroxyl groups is 1. The van der Waals surface area contributed by atoms with Gasteiger partial charge in [-0.1, -0.05) is 6.07 Å². The minimum absolute atomic E-state index is 0.0250. The first kappa shape index (κ1) is 11.8. The van der Waals surface area contributed by atoms with E-state index in [0.29, 0.717) is 6.54 Å². The fraction of sp³-hybridized carbons (Fsp3) is 0.400. The van der Waals surface area contributed by atoms with Crippen LogP contribution in [0.25, 0.3) is 0 Å². The Morgan fingerprint density at radius 3 is 2.60 bits per heavy atom. The maximum Gasteiger partial charge on any atom is 0.157 e. The molecule has 0 aliphatic carbocycles. The average molecular weight is 212 g/mol. The first-order chi connectivity index (χ1) is 7.15. The van der Waals surface area contributed by atoms with Crippen molar-refractivity contribution in [2.75, 3.05) is 13.2 Å². The van der Waals surface area contributed by atoms with Crippen molar-refractivity contribution in [2.24, 2.45) is 0 Å². The van der Waals surface area contributed by atoms with Crippen LogP contribution in [0.3, 0.4) is 0 Å². The third-order valence-electron chi connectivity index (χ3n) is 2.05. The minimum Gasteiger partial charge on any atom is -0.504 e. The highest BCUT2D eigenvalue weighted by Crippen LogP contribution is 2.27. The number of aliphatic hydroxyl groups excluding tert-OH is 1. The SMILES string of the molecule is CC(NNCCO)c1ccc(O)c(O)c1. The molecule has 0 amide bonds. The third-order valence-corrected chi connectivity index (χ3v) is 2.05. The number of benzene rings is 1. The van der Waals surface area contributed by atoms with Crippen molar-refractivity contribution in [3.8, 4) is 11.5 Å². The Morgan fingerprint density at radius 2 is 2.00 bits per heavy atom. The Kier molecular flexibility index (Phi) is 4.36. The van der Waals surface area contributed by atoms with Gasteiger partial charge >= 0.3 is 0 Å². The summed E-state index contributed by atoms with van der Waals surface area (Å²) >= 11 is 0. The highest BCUT2D eigenvalue weighted by Gasteiger charge is 2.07. The molecule has 0 fully saturated rings. The maximum absolute atomic E-state index is 9.28. The minimum atomic E-state index is -0.136. The van der Waals surface area contributed by atoms with E-state index in [1.54, 1.807) is 6.07 Å². The Morgan fingerprint density at radius 1 is 1.27 bits per heavy atom. The van der Waals surface area contributed by atoms with Gasteiger partial charge in [0.15, 0.2) is 11.5 Å². The third kappa shape index (κ3) is 3.39. The fourth-order valence-corrected chi connectivity index (χ4v) is 1.17. The lowest BCUT2D eigenvalue weighted by molar-refractivity contribution is 0.278. The van der Waals surface area contributed by atoms with Crippen molar-refractivity contribution in [2.45, 2.75) is 13.0 Å². The molecule has 1 unspecified atom stereocenters. The lowest BCUT2D eigenvalue weighted by atomic mass is 10.1. The fourth-order valence-electron chi connectivity index (χ4n) is 1.17. The lowest BCUT2D eigenvalue weighted by Crippen LogP contribution is -2.35. The normalized spacial score (nSPS) is 12.7. The van der Waals surface area contributed by atoms with Gasteiger partial charge in [-0.3, -0.25) is 10.9 Å². The van der Waals surface area contributed by atoms with Crippen LogP contribution < -0.4 is 10.9 Å². The van der Waals surface area contributed by atoms with E-state index in [4.69, 9.17) is 10.2 Å². The summed E-state index contributed by atoms with van der Waals surface area (Å²) < 4.78 is 0. The van der Waals surface area contributed by atoms with Gasteiger partial charge in [0.1, 0.15) is 0 Å². The second-order valence-corrected chi connectivity index (χ2v) is 3.26. The van der Waals surface area contributed by atoms with E-state index in [2.05, 4.69) is 10.9 Å². The van der Waals surface area contributed by atoms with Crippen molar-refractivity contribution in [1.82, 2.24) is 10.9 Å². The molecule has 0 heterocycles. The van der Waals surface area contributed by atoms with Gasteiger partial charge in [0.25, 0.3) is 0 Å². The molecule has 1 rings (SSSR count). The Bertz CT molecular complexity index is 318. The van der Waals surface area contributed by atoms with E-state index < -0.39 is 0 Å². The maximum atomic E-state index is 9.28. The Labute approximate surface area is 88.3 Å². The summed E-state index contributed by atoms with van der Waals surface area (Å²) in [5.74, 6) is -0.266. The molecule has 0 aromatic heterocycles. The number of hydrogen-bond donors (Lipinski definition) is 5. The molecule has 15 heavy (non-hydrogen) atoms. The molecule has 5 heteroatoms. The van der Waals surface area contributed by atoms with Gasteiger partial charge in [0.05, 0.1) is 6.61 Å². The van der Waals surface area contributed by atoms with Crippen molar-refractivity contribution >= 4 is 0 Å². The van der Waals surface area contributed by atoms with Gasteiger partial charge in [-0.15, -0.1) is 0 Å². The number of rotatable bonds is 5. The average Bonchev–Trinajstić information content (AvgIpc) is 2.22. The summed E-state index contributed by atoms with van der Waals surface area (Å²) in [4.78, 5) is 0. The van der Waals surface area contributed by atoms with Crippen molar-refractivity contribution in [3.63, 3.8) is 0 Å². The molecule has 0 spiro atoms. The largest absolute Gasteiger partial charge is 0.504 e. The second kappa shape index (κ2) is 5.55. The van der Waals surface area contributed by atoms with Crippen LogP contribution in [0.1, 0.15) is 18.5 Å². The van der Waals surface area contributed by atoms with Crippen LogP contribution in [0.15, 0.2) is 18.2 Å². The molecule has 5 nitrogen and oxygen atoms in total. The summed E-state index contributed by atoms with van der Waals surface area (Å²) in [6.07, 6.45) is 0. The molecule has 1 aromatic rings. The molecule has 1 aromatic carbocycles. The van der Waals surface area contributed by atoms with Gasteiger partial charge in [0, 0.05) is 12.6 Å². The molecule has 84 valence electrons. The smallest absolute Gasteiger partial charge is 0.157 e. The van der Waals surface area contributed by atoms with Gasteiger partial charge in [-0.2, -0.15) is 0 Å². The molecule has 0 aliphatic heterocycles. The standard InChI is InChI=1S/C10H16N2O3/c1-7(12-11-4-5-13)8-2-3-9(14)10(15)6-8/h2-3,6-7,11-15H,4-5H2,1H3.